The third kappa shape index (κ3) is 3.61. The van der Waals surface area contributed by atoms with Crippen molar-refractivity contribution in [1.29, 1.82) is 0 Å². The molecule has 6 heteroatoms. The molecule has 0 bridgehead atoms. The van der Waals surface area contributed by atoms with E-state index in [0.717, 1.165) is 37.9 Å². The van der Waals surface area contributed by atoms with Crippen LogP contribution in [0.15, 0.2) is 29.3 Å². The lowest BCUT2D eigenvalue weighted by Crippen LogP contribution is -2.31. The summed E-state index contributed by atoms with van der Waals surface area (Å²) in [7, 11) is 0. The summed E-state index contributed by atoms with van der Waals surface area (Å²) in [6.45, 7) is 2.40. The maximum atomic E-state index is 12.7. The highest BCUT2D eigenvalue weighted by molar-refractivity contribution is 5.80. The molecule has 0 aromatic heterocycles. The topological polar surface area (TPSA) is 33.6 Å². The van der Waals surface area contributed by atoms with Crippen LogP contribution in [0.1, 0.15) is 24.0 Å². The average molecular weight is 312 g/mol. The third-order valence-corrected chi connectivity index (χ3v) is 4.15. The third-order valence-electron chi connectivity index (χ3n) is 4.15. The van der Waals surface area contributed by atoms with Gasteiger partial charge in [0.1, 0.15) is 6.61 Å². The van der Waals surface area contributed by atoms with Gasteiger partial charge in [-0.2, -0.15) is 13.2 Å². The highest BCUT2D eigenvalue weighted by Crippen LogP contribution is 2.30. The summed E-state index contributed by atoms with van der Waals surface area (Å²) in [5, 5.41) is 3.29. The van der Waals surface area contributed by atoms with Crippen molar-refractivity contribution in [2.24, 2.45) is 10.9 Å². The number of halogens is 3. The first-order chi connectivity index (χ1) is 10.5. The molecule has 0 aliphatic carbocycles. The minimum atomic E-state index is -4.30. The van der Waals surface area contributed by atoms with E-state index in [2.05, 4.69) is 10.3 Å². The lowest BCUT2D eigenvalue weighted by molar-refractivity contribution is -0.137. The van der Waals surface area contributed by atoms with Crippen molar-refractivity contribution in [2.75, 3.05) is 19.7 Å². The van der Waals surface area contributed by atoms with Gasteiger partial charge >= 0.3 is 6.18 Å². The summed E-state index contributed by atoms with van der Waals surface area (Å²) in [6.07, 6.45) is -1.80. The molecule has 3 nitrogen and oxygen atoms in total. The highest BCUT2D eigenvalue weighted by atomic mass is 19.4. The van der Waals surface area contributed by atoms with Crippen LogP contribution in [0.25, 0.3) is 0 Å². The maximum Gasteiger partial charge on any atom is 0.416 e. The number of piperidine rings is 1. The van der Waals surface area contributed by atoms with Crippen LogP contribution in [0.2, 0.25) is 0 Å². The molecule has 1 N–H and O–H groups in total. The number of hydrogen-bond acceptors (Lipinski definition) is 3. The van der Waals surface area contributed by atoms with Crippen molar-refractivity contribution in [2.45, 2.75) is 31.5 Å². The van der Waals surface area contributed by atoms with Gasteiger partial charge in [0.05, 0.1) is 11.6 Å². The van der Waals surface area contributed by atoms with E-state index in [4.69, 9.17) is 4.74 Å². The fourth-order valence-electron chi connectivity index (χ4n) is 2.98. The van der Waals surface area contributed by atoms with Gasteiger partial charge in [0, 0.05) is 5.92 Å². The van der Waals surface area contributed by atoms with Crippen LogP contribution in [0.4, 0.5) is 13.2 Å². The first-order valence-electron chi connectivity index (χ1n) is 7.60. The molecule has 2 aliphatic rings. The minimum absolute atomic E-state index is 0.0756. The van der Waals surface area contributed by atoms with Crippen LogP contribution < -0.4 is 5.32 Å². The van der Waals surface area contributed by atoms with Crippen LogP contribution in [0, 0.1) is 5.92 Å². The molecule has 0 amide bonds. The predicted molar refractivity (Wildman–Crippen MR) is 77.9 cm³/mol. The Morgan fingerprint density at radius 1 is 1.23 bits per heavy atom. The van der Waals surface area contributed by atoms with Crippen molar-refractivity contribution in [3.63, 3.8) is 0 Å². The van der Waals surface area contributed by atoms with Gasteiger partial charge in [0.2, 0.25) is 0 Å². The fourth-order valence-corrected chi connectivity index (χ4v) is 2.98. The number of ether oxygens (including phenoxy) is 1. The summed E-state index contributed by atoms with van der Waals surface area (Å²) in [5.41, 5.74) is 0.0465. The Kier molecular flexibility index (Phi) is 4.38. The quantitative estimate of drug-likeness (QED) is 0.931. The SMILES string of the molecule is FC(F)(F)c1cccc(CC2COC(C3CCNCC3)=N2)c1. The van der Waals surface area contributed by atoms with Crippen LogP contribution in [0.5, 0.6) is 0 Å². The van der Waals surface area contributed by atoms with Crippen molar-refractivity contribution >= 4 is 5.90 Å². The van der Waals surface area contributed by atoms with E-state index in [1.54, 1.807) is 6.07 Å². The highest BCUT2D eigenvalue weighted by Gasteiger charge is 2.31. The van der Waals surface area contributed by atoms with E-state index in [1.165, 1.54) is 12.1 Å². The second-order valence-electron chi connectivity index (χ2n) is 5.86. The second-order valence-corrected chi connectivity index (χ2v) is 5.86. The van der Waals surface area contributed by atoms with Gasteiger partial charge in [-0.3, -0.25) is 0 Å². The zero-order valence-electron chi connectivity index (χ0n) is 12.2. The molecule has 1 aromatic rings. The van der Waals surface area contributed by atoms with E-state index in [0.29, 0.717) is 24.5 Å². The van der Waals surface area contributed by atoms with E-state index in [-0.39, 0.29) is 6.04 Å². The zero-order chi connectivity index (χ0) is 15.6. The van der Waals surface area contributed by atoms with Crippen LogP contribution in [-0.2, 0) is 17.3 Å². The Balaban J connectivity index is 1.65. The summed E-state index contributed by atoms with van der Waals surface area (Å²) in [5.74, 6) is 1.14. The molecule has 1 atom stereocenters. The molecule has 0 radical (unpaired) electrons. The van der Waals surface area contributed by atoms with Gasteiger partial charge < -0.3 is 10.1 Å². The Morgan fingerprint density at radius 2 is 2.00 bits per heavy atom. The number of alkyl halides is 3. The van der Waals surface area contributed by atoms with Crippen molar-refractivity contribution in [1.82, 2.24) is 5.32 Å². The van der Waals surface area contributed by atoms with Crippen LogP contribution in [-0.4, -0.2) is 31.6 Å². The summed E-state index contributed by atoms with van der Waals surface area (Å²) >= 11 is 0. The first kappa shape index (κ1) is 15.3. The monoisotopic (exact) mass is 312 g/mol. The van der Waals surface area contributed by atoms with Crippen LogP contribution >= 0.6 is 0 Å². The molecule has 22 heavy (non-hydrogen) atoms. The van der Waals surface area contributed by atoms with Gasteiger partial charge in [-0.25, -0.2) is 4.99 Å². The summed E-state index contributed by atoms with van der Waals surface area (Å²) in [6, 6.07) is 5.39. The first-order valence-corrected chi connectivity index (χ1v) is 7.60. The fraction of sp³-hybridized carbons (Fsp3) is 0.562. The predicted octanol–water partition coefficient (Wildman–Crippen LogP) is 3.04. The van der Waals surface area contributed by atoms with E-state index >= 15 is 0 Å². The Bertz CT molecular complexity index is 551. The van der Waals surface area contributed by atoms with Gasteiger partial charge in [-0.15, -0.1) is 0 Å². The molecule has 1 saturated heterocycles. The Labute approximate surface area is 127 Å². The number of nitrogens with one attached hydrogen (secondary N) is 1. The molecular formula is C16H19F3N2O. The van der Waals surface area contributed by atoms with E-state index in [9.17, 15) is 13.2 Å². The summed E-state index contributed by atoms with van der Waals surface area (Å²) < 4.78 is 43.9. The maximum absolute atomic E-state index is 12.7. The number of rotatable bonds is 3. The summed E-state index contributed by atoms with van der Waals surface area (Å²) in [4.78, 5) is 4.58. The lowest BCUT2D eigenvalue weighted by Gasteiger charge is -2.21. The van der Waals surface area contributed by atoms with Crippen molar-refractivity contribution < 1.29 is 17.9 Å². The van der Waals surface area contributed by atoms with Crippen molar-refractivity contribution in [3.05, 3.63) is 35.4 Å². The standard InChI is InChI=1S/C16H19F3N2O/c17-16(18,19)13-3-1-2-11(8-13)9-14-10-22-15(21-14)12-4-6-20-7-5-12/h1-3,8,12,14,20H,4-7,9-10H2. The van der Waals surface area contributed by atoms with Crippen molar-refractivity contribution in [3.8, 4) is 0 Å². The largest absolute Gasteiger partial charge is 0.478 e. The van der Waals surface area contributed by atoms with Gasteiger partial charge in [0.25, 0.3) is 0 Å². The molecule has 2 aliphatic heterocycles. The molecule has 0 spiro atoms. The number of aliphatic imine (C=N–C) groups is 1. The van der Waals surface area contributed by atoms with Gasteiger partial charge in [0.15, 0.2) is 5.90 Å². The van der Waals surface area contributed by atoms with E-state index in [1.807, 2.05) is 0 Å². The molecule has 1 fully saturated rings. The molecule has 1 unspecified atom stereocenters. The smallest absolute Gasteiger partial charge is 0.416 e. The minimum Gasteiger partial charge on any atom is -0.478 e. The second kappa shape index (κ2) is 6.28. The Morgan fingerprint density at radius 3 is 2.73 bits per heavy atom. The zero-order valence-corrected chi connectivity index (χ0v) is 12.2. The molecule has 3 rings (SSSR count). The van der Waals surface area contributed by atoms with Gasteiger partial charge in [-0.05, 0) is 44.0 Å². The number of hydrogen-bond donors (Lipinski definition) is 1. The molecule has 1 aromatic carbocycles. The molecular weight excluding hydrogens is 293 g/mol. The average Bonchev–Trinajstić information content (AvgIpc) is 2.96. The van der Waals surface area contributed by atoms with Crippen LogP contribution in [0.3, 0.4) is 0 Å². The Hall–Kier alpha value is -1.56. The lowest BCUT2D eigenvalue weighted by atomic mass is 9.98. The van der Waals surface area contributed by atoms with Gasteiger partial charge in [-0.1, -0.05) is 18.2 Å². The molecule has 0 saturated carbocycles. The number of benzene rings is 1. The molecule has 2 heterocycles. The van der Waals surface area contributed by atoms with E-state index < -0.39 is 11.7 Å². The number of nitrogens with zero attached hydrogens (tertiary/aromatic N) is 1. The normalized spacial score (nSPS) is 23.2. The molecule has 120 valence electrons.